The van der Waals surface area contributed by atoms with E-state index in [4.69, 9.17) is 52.1 Å². The second-order valence-corrected chi connectivity index (χ2v) is 23.3. The summed E-state index contributed by atoms with van der Waals surface area (Å²) in [5, 5.41) is 25.2. The van der Waals surface area contributed by atoms with Crippen molar-refractivity contribution in [3.63, 3.8) is 0 Å². The molecule has 0 radical (unpaired) electrons. The number of cyclic esters (lactones) is 1. The van der Waals surface area contributed by atoms with E-state index in [-0.39, 0.29) is 42.8 Å². The second-order valence-electron chi connectivity index (χ2n) is 23.3. The number of aromatic nitrogens is 1. The molecule has 2 aromatic rings. The van der Waals surface area contributed by atoms with Gasteiger partial charge >= 0.3 is 18.1 Å². The van der Waals surface area contributed by atoms with Crippen LogP contribution < -0.4 is 15.5 Å². The lowest BCUT2D eigenvalue weighted by molar-refractivity contribution is -0.322. The number of nitrogens with zero attached hydrogens (tertiary/aromatic N) is 2. The molecule has 18 atom stereocenters. The van der Waals surface area contributed by atoms with Crippen molar-refractivity contribution in [2.45, 2.75) is 205 Å². The van der Waals surface area contributed by atoms with E-state index >= 15 is 0 Å². The summed E-state index contributed by atoms with van der Waals surface area (Å²) in [6, 6.07) is 3.25. The monoisotopic (exact) mass is 1100 g/mol. The molecular formula is C57H87N3O18. The van der Waals surface area contributed by atoms with Crippen molar-refractivity contribution >= 4 is 34.8 Å². The Morgan fingerprint density at radius 2 is 1.60 bits per heavy atom. The number of aromatic carboxylic acids is 1. The molecule has 1 aromatic heterocycles. The first-order valence-corrected chi connectivity index (χ1v) is 27.9. The Morgan fingerprint density at radius 1 is 0.897 bits per heavy atom. The van der Waals surface area contributed by atoms with Gasteiger partial charge in [-0.15, -0.1) is 0 Å². The van der Waals surface area contributed by atoms with Gasteiger partial charge in [-0.05, 0) is 118 Å². The third-order valence-corrected chi connectivity index (χ3v) is 17.3. The average Bonchev–Trinajstić information content (AvgIpc) is 3.72. The maximum Gasteiger partial charge on any atom is 0.509 e. The van der Waals surface area contributed by atoms with Gasteiger partial charge in [0.05, 0.1) is 58.4 Å². The standard InChI is InChI=1S/C57H87N3O18/c1-15-41-57(10)49(77-54(67)78-57)32(4)44(61)30(2)27-55(8,68-13)48(76-53-46(63)40(59(11)12)24-31(3)72-53)33(5)47(34(6)52(66)74-41)75-42-28-56(9,69-14)50(35(7)73-42)71-22-17-19-58-20-23-70-37-25-36-18-16-21-60-29-39(51(64)65)45(62)38(26-37)43(36)60/h25-26,29-35,40-42,46-50,53,58,63H,15-24,27-28H2,1-14H3,(H,64,65)/t30-,31-,32?,33+,34+,35-,40+,41-,42+,46+,47+,48-,49+,50+,53+,55+,56-,57-/m0/s1. The van der Waals surface area contributed by atoms with Crippen molar-refractivity contribution < 1.29 is 81.5 Å². The summed E-state index contributed by atoms with van der Waals surface area (Å²) in [6.45, 7) is 20.5. The normalized spacial score (nSPS) is 37.8. The summed E-state index contributed by atoms with van der Waals surface area (Å²) in [5.74, 6) is -4.93. The molecule has 4 saturated heterocycles. The fraction of sp³-hybridized carbons (Fsp3) is 0.772. The van der Waals surface area contributed by atoms with Crippen LogP contribution in [0.3, 0.4) is 0 Å². The lowest BCUT2D eigenvalue weighted by atomic mass is 9.74. The Hall–Kier alpha value is -4.29. The first-order chi connectivity index (χ1) is 36.8. The number of Topliss-reactive ketones (excluding diaryl/α,β-unsaturated/α-hetero) is 1. The Labute approximate surface area is 458 Å². The zero-order valence-corrected chi connectivity index (χ0v) is 48.2. The number of esters is 1. The van der Waals surface area contributed by atoms with Crippen LogP contribution in [-0.4, -0.2) is 182 Å². The van der Waals surface area contributed by atoms with Crippen LogP contribution in [0, 0.1) is 23.7 Å². The van der Waals surface area contributed by atoms with Gasteiger partial charge < -0.3 is 77.1 Å². The van der Waals surface area contributed by atoms with E-state index in [9.17, 15) is 34.2 Å². The lowest BCUT2D eigenvalue weighted by Crippen LogP contribution is -2.61. The van der Waals surface area contributed by atoms with Crippen LogP contribution >= 0.6 is 0 Å². The third-order valence-electron chi connectivity index (χ3n) is 17.3. The molecule has 6 heterocycles. The van der Waals surface area contributed by atoms with E-state index in [0.717, 1.165) is 23.9 Å². The zero-order chi connectivity index (χ0) is 57.2. The summed E-state index contributed by atoms with van der Waals surface area (Å²) in [4.78, 5) is 69.1. The first-order valence-electron chi connectivity index (χ1n) is 27.9. The highest BCUT2D eigenvalue weighted by Gasteiger charge is 2.60. The number of hydrogen-bond acceptors (Lipinski definition) is 19. The summed E-state index contributed by atoms with van der Waals surface area (Å²) in [7, 11) is 6.91. The minimum Gasteiger partial charge on any atom is -0.492 e. The van der Waals surface area contributed by atoms with Crippen LogP contribution in [0.4, 0.5) is 4.79 Å². The smallest absolute Gasteiger partial charge is 0.492 e. The van der Waals surface area contributed by atoms with Crippen molar-refractivity contribution in [1.29, 1.82) is 0 Å². The number of nitrogens with one attached hydrogen (secondary N) is 1. The van der Waals surface area contributed by atoms with Gasteiger partial charge in [0.25, 0.3) is 0 Å². The molecule has 78 heavy (non-hydrogen) atoms. The molecule has 5 aliphatic heterocycles. The molecule has 7 rings (SSSR count). The van der Waals surface area contributed by atoms with Crippen LogP contribution in [0.5, 0.6) is 5.75 Å². The van der Waals surface area contributed by atoms with Gasteiger partial charge in [-0.2, -0.15) is 0 Å². The van der Waals surface area contributed by atoms with Gasteiger partial charge in [-0.25, -0.2) is 9.59 Å². The van der Waals surface area contributed by atoms with Gasteiger partial charge in [0, 0.05) is 64.4 Å². The molecule has 21 heteroatoms. The topological polar surface area (TPSA) is 248 Å². The van der Waals surface area contributed by atoms with Gasteiger partial charge in [-0.3, -0.25) is 14.4 Å². The number of ketones is 1. The van der Waals surface area contributed by atoms with Crippen LogP contribution in [0.25, 0.3) is 10.9 Å². The number of carboxylic acid groups (broad SMARTS) is 1. The second kappa shape index (κ2) is 25.2. The molecule has 3 N–H and O–H groups in total. The fourth-order valence-corrected chi connectivity index (χ4v) is 12.9. The number of aliphatic hydroxyl groups excluding tert-OH is 1. The van der Waals surface area contributed by atoms with Crippen molar-refractivity contribution in [3.05, 3.63) is 39.7 Å². The van der Waals surface area contributed by atoms with Crippen molar-refractivity contribution in [2.24, 2.45) is 23.7 Å². The van der Waals surface area contributed by atoms with Gasteiger partial charge in [0.2, 0.25) is 5.43 Å². The average molecular weight is 1100 g/mol. The van der Waals surface area contributed by atoms with Crippen molar-refractivity contribution in [2.75, 3.05) is 54.6 Å². The third kappa shape index (κ3) is 12.7. The van der Waals surface area contributed by atoms with E-state index < -0.39 is 119 Å². The molecular weight excluding hydrogens is 1010 g/mol. The van der Waals surface area contributed by atoms with E-state index in [1.165, 1.54) is 13.3 Å². The Balaban J connectivity index is 1.07. The lowest BCUT2D eigenvalue weighted by Gasteiger charge is -2.50. The molecule has 0 spiro atoms. The van der Waals surface area contributed by atoms with Crippen LogP contribution in [0.1, 0.15) is 124 Å². The number of carboxylic acids is 1. The molecule has 1 unspecified atom stereocenters. The Kier molecular flexibility index (Phi) is 19.8. The number of likely N-dealkylation sites (N-methyl/N-ethyl adjacent to an activating group) is 1. The maximum absolute atomic E-state index is 14.8. The zero-order valence-electron chi connectivity index (χ0n) is 48.2. The Bertz CT molecular complexity index is 2510. The quantitative estimate of drug-likeness (QED) is 0.120. The van der Waals surface area contributed by atoms with Crippen LogP contribution in [-0.2, 0) is 69.9 Å². The molecule has 0 amide bonds. The first kappa shape index (κ1) is 61.3. The van der Waals surface area contributed by atoms with E-state index in [0.29, 0.717) is 56.8 Å². The summed E-state index contributed by atoms with van der Waals surface area (Å²) >= 11 is 0. The van der Waals surface area contributed by atoms with Crippen molar-refractivity contribution in [3.8, 4) is 5.75 Å². The van der Waals surface area contributed by atoms with Crippen LogP contribution in [0.15, 0.2) is 23.1 Å². The van der Waals surface area contributed by atoms with Gasteiger partial charge in [0.15, 0.2) is 24.3 Å². The summed E-state index contributed by atoms with van der Waals surface area (Å²) in [5.41, 5.74) is -2.78. The highest BCUT2D eigenvalue weighted by Crippen LogP contribution is 2.44. The highest BCUT2D eigenvalue weighted by atomic mass is 16.8. The predicted octanol–water partition coefficient (Wildman–Crippen LogP) is 5.66. The number of ether oxygens (including phenoxy) is 11. The minimum atomic E-state index is -1.51. The molecule has 0 bridgehead atoms. The van der Waals surface area contributed by atoms with E-state index in [1.54, 1.807) is 47.8 Å². The molecule has 0 saturated carbocycles. The van der Waals surface area contributed by atoms with Gasteiger partial charge in [-0.1, -0.05) is 27.7 Å². The number of pyridine rings is 1. The molecule has 5 aliphatic rings. The van der Waals surface area contributed by atoms with Crippen molar-refractivity contribution in [1.82, 2.24) is 14.8 Å². The fourth-order valence-electron chi connectivity index (χ4n) is 12.9. The number of fused-ring (bicyclic) bond motifs is 1. The maximum atomic E-state index is 14.8. The van der Waals surface area contributed by atoms with E-state index in [1.807, 2.05) is 64.2 Å². The molecule has 1 aromatic carbocycles. The highest BCUT2D eigenvalue weighted by molar-refractivity contribution is 5.94. The molecule has 4 fully saturated rings. The van der Waals surface area contributed by atoms with E-state index in [2.05, 4.69) is 5.32 Å². The predicted molar refractivity (Wildman–Crippen MR) is 284 cm³/mol. The minimum absolute atomic E-state index is 0.119. The van der Waals surface area contributed by atoms with Gasteiger partial charge in [0.1, 0.15) is 42.0 Å². The number of hydrogen-bond donors (Lipinski definition) is 3. The number of carbonyl (C=O) groups excluding carboxylic acids is 3. The number of aryl methyl sites for hydroxylation is 2. The number of aliphatic hydroxyl groups is 1. The summed E-state index contributed by atoms with van der Waals surface area (Å²) in [6.07, 6.45) is -4.88. The number of benzene rings is 1. The number of carbonyl (C=O) groups is 4. The number of rotatable bonds is 18. The summed E-state index contributed by atoms with van der Waals surface area (Å²) < 4.78 is 72.0. The Morgan fingerprint density at radius 3 is 2.27 bits per heavy atom. The molecule has 21 nitrogen and oxygen atoms in total. The SMILES string of the molecule is CC[C@@H]1OC(=O)[C@H](C)[C@H](O[C@@H]2C[C@](C)(OC)[C@H](OCCCNCCOc3cc4c5c(c3)c(=O)c(C(=O)O)cn5CCC4)[C@H](C)O2)[C@@H](C)[C@H](O[C@H]2O[C@@H](C)C[C@@H](N(C)C)[C@H]2O)[C@](C)(OC)C[C@H](C)C(=O)C(C)[C@H]2OC(=O)O[C@@]12C. The molecule has 438 valence electrons. The largest absolute Gasteiger partial charge is 0.509 e. The van der Waals surface area contributed by atoms with Crippen LogP contribution in [0.2, 0.25) is 0 Å². The molecule has 0 aliphatic carbocycles. The number of methoxy groups -OCH3 is 2.